The molecule has 1 amide bonds. The second-order valence-corrected chi connectivity index (χ2v) is 4.21. The van der Waals surface area contributed by atoms with Gasteiger partial charge in [0, 0.05) is 32.4 Å². The van der Waals surface area contributed by atoms with Crippen molar-refractivity contribution in [3.8, 4) is 12.3 Å². The fourth-order valence-electron chi connectivity index (χ4n) is 1.60. The standard InChI is InChI=1S/C12H19NO3/c1-2-3-4-5-6-11(14)13-9-12(15)7-8-16-10-12/h1,15H,3-10H2,(H,13,14). The molecule has 1 aliphatic rings. The van der Waals surface area contributed by atoms with Crippen LogP contribution in [0.15, 0.2) is 0 Å². The van der Waals surface area contributed by atoms with Gasteiger partial charge in [-0.15, -0.1) is 12.3 Å². The predicted molar refractivity (Wildman–Crippen MR) is 60.7 cm³/mol. The molecular formula is C12H19NO3. The van der Waals surface area contributed by atoms with Gasteiger partial charge in [0.15, 0.2) is 0 Å². The number of ether oxygens (including phenoxy) is 1. The number of hydrogen-bond acceptors (Lipinski definition) is 3. The number of rotatable bonds is 6. The van der Waals surface area contributed by atoms with Crippen molar-refractivity contribution in [3.05, 3.63) is 0 Å². The molecule has 4 nitrogen and oxygen atoms in total. The van der Waals surface area contributed by atoms with Crippen molar-refractivity contribution in [3.63, 3.8) is 0 Å². The maximum absolute atomic E-state index is 11.4. The minimum Gasteiger partial charge on any atom is -0.386 e. The van der Waals surface area contributed by atoms with E-state index in [9.17, 15) is 9.90 Å². The minimum absolute atomic E-state index is 0.0302. The van der Waals surface area contributed by atoms with E-state index in [4.69, 9.17) is 11.2 Å². The molecule has 0 bridgehead atoms. The molecule has 90 valence electrons. The summed E-state index contributed by atoms with van der Waals surface area (Å²) in [6, 6.07) is 0. The summed E-state index contributed by atoms with van der Waals surface area (Å²) < 4.78 is 5.08. The van der Waals surface area contributed by atoms with Crippen molar-refractivity contribution in [2.45, 2.75) is 37.7 Å². The molecule has 1 unspecified atom stereocenters. The van der Waals surface area contributed by atoms with E-state index in [-0.39, 0.29) is 12.5 Å². The normalized spacial score (nSPS) is 24.0. The third-order valence-electron chi connectivity index (χ3n) is 2.67. The second-order valence-electron chi connectivity index (χ2n) is 4.21. The first-order valence-corrected chi connectivity index (χ1v) is 5.67. The zero-order valence-electron chi connectivity index (χ0n) is 9.50. The van der Waals surface area contributed by atoms with Crippen molar-refractivity contribution in [2.75, 3.05) is 19.8 Å². The summed E-state index contributed by atoms with van der Waals surface area (Å²) in [7, 11) is 0. The Balaban J connectivity index is 2.08. The molecule has 1 fully saturated rings. The topological polar surface area (TPSA) is 58.6 Å². The Bertz CT molecular complexity index is 264. The molecule has 0 saturated carbocycles. The van der Waals surface area contributed by atoms with Gasteiger partial charge in [-0.1, -0.05) is 0 Å². The van der Waals surface area contributed by atoms with Gasteiger partial charge >= 0.3 is 0 Å². The van der Waals surface area contributed by atoms with Gasteiger partial charge in [-0.25, -0.2) is 0 Å². The third kappa shape index (κ3) is 4.65. The van der Waals surface area contributed by atoms with Gasteiger partial charge in [0.2, 0.25) is 5.91 Å². The monoisotopic (exact) mass is 225 g/mol. The van der Waals surface area contributed by atoms with E-state index in [0.29, 0.717) is 32.5 Å². The number of nitrogens with one attached hydrogen (secondary N) is 1. The first-order valence-electron chi connectivity index (χ1n) is 5.67. The Labute approximate surface area is 96.4 Å². The van der Waals surface area contributed by atoms with Crippen molar-refractivity contribution in [1.82, 2.24) is 5.32 Å². The summed E-state index contributed by atoms with van der Waals surface area (Å²) in [4.78, 5) is 11.4. The van der Waals surface area contributed by atoms with E-state index >= 15 is 0 Å². The van der Waals surface area contributed by atoms with Crippen molar-refractivity contribution in [2.24, 2.45) is 0 Å². The first-order chi connectivity index (χ1) is 7.66. The Morgan fingerprint density at radius 2 is 2.38 bits per heavy atom. The predicted octanol–water partition coefficient (Wildman–Crippen LogP) is 0.448. The molecular weight excluding hydrogens is 206 g/mol. The van der Waals surface area contributed by atoms with Crippen LogP contribution in [0.1, 0.15) is 32.1 Å². The van der Waals surface area contributed by atoms with Crippen LogP contribution in [0.5, 0.6) is 0 Å². The van der Waals surface area contributed by atoms with E-state index in [1.54, 1.807) is 0 Å². The van der Waals surface area contributed by atoms with Crippen molar-refractivity contribution in [1.29, 1.82) is 0 Å². The Hall–Kier alpha value is -1.05. The largest absolute Gasteiger partial charge is 0.386 e. The Morgan fingerprint density at radius 1 is 1.56 bits per heavy atom. The van der Waals surface area contributed by atoms with Gasteiger partial charge in [-0.05, 0) is 12.8 Å². The van der Waals surface area contributed by atoms with Gasteiger partial charge in [-0.2, -0.15) is 0 Å². The molecule has 2 N–H and O–H groups in total. The molecule has 1 atom stereocenters. The fourth-order valence-corrected chi connectivity index (χ4v) is 1.60. The summed E-state index contributed by atoms with van der Waals surface area (Å²) in [5.41, 5.74) is -0.867. The van der Waals surface area contributed by atoms with Crippen LogP contribution in [0.4, 0.5) is 0 Å². The molecule has 0 aromatic rings. The van der Waals surface area contributed by atoms with Crippen molar-refractivity contribution >= 4 is 5.91 Å². The van der Waals surface area contributed by atoms with E-state index in [1.807, 2.05) is 0 Å². The molecule has 0 aromatic heterocycles. The Kier molecular flexibility index (Phi) is 5.30. The number of terminal acetylenes is 1. The molecule has 16 heavy (non-hydrogen) atoms. The van der Waals surface area contributed by atoms with Crippen LogP contribution in [-0.4, -0.2) is 36.4 Å². The summed E-state index contributed by atoms with van der Waals surface area (Å²) in [6.07, 6.45) is 8.55. The SMILES string of the molecule is C#CCCCCC(=O)NCC1(O)CCOC1. The van der Waals surface area contributed by atoms with E-state index in [2.05, 4.69) is 11.2 Å². The number of aliphatic hydroxyl groups is 1. The van der Waals surface area contributed by atoms with Gasteiger partial charge in [0.25, 0.3) is 0 Å². The molecule has 0 radical (unpaired) electrons. The quantitative estimate of drug-likeness (QED) is 0.509. The maximum atomic E-state index is 11.4. The minimum atomic E-state index is -0.867. The third-order valence-corrected chi connectivity index (χ3v) is 2.67. The summed E-state index contributed by atoms with van der Waals surface area (Å²) >= 11 is 0. The smallest absolute Gasteiger partial charge is 0.220 e. The van der Waals surface area contributed by atoms with Gasteiger partial charge < -0.3 is 15.2 Å². The van der Waals surface area contributed by atoms with Crippen LogP contribution in [0.3, 0.4) is 0 Å². The highest BCUT2D eigenvalue weighted by Gasteiger charge is 2.32. The van der Waals surface area contributed by atoms with Crippen molar-refractivity contribution < 1.29 is 14.6 Å². The van der Waals surface area contributed by atoms with Gasteiger partial charge in [0.05, 0.1) is 6.61 Å². The number of unbranched alkanes of at least 4 members (excludes halogenated alkanes) is 2. The van der Waals surface area contributed by atoms with Crippen LogP contribution in [0.25, 0.3) is 0 Å². The first kappa shape index (κ1) is 13.0. The van der Waals surface area contributed by atoms with Gasteiger partial charge in [0.1, 0.15) is 5.60 Å². The van der Waals surface area contributed by atoms with E-state index in [0.717, 1.165) is 12.8 Å². The molecule has 0 spiro atoms. The molecule has 4 heteroatoms. The molecule has 0 aromatic carbocycles. The number of carbonyl (C=O) groups is 1. The van der Waals surface area contributed by atoms with Crippen LogP contribution >= 0.6 is 0 Å². The average molecular weight is 225 g/mol. The van der Waals surface area contributed by atoms with Crippen LogP contribution < -0.4 is 5.32 Å². The zero-order valence-corrected chi connectivity index (χ0v) is 9.50. The van der Waals surface area contributed by atoms with Crippen LogP contribution in [0, 0.1) is 12.3 Å². The molecule has 1 heterocycles. The molecule has 0 aliphatic carbocycles. The number of amides is 1. The summed E-state index contributed by atoms with van der Waals surface area (Å²) in [6.45, 7) is 1.15. The number of hydrogen-bond donors (Lipinski definition) is 2. The average Bonchev–Trinajstić information content (AvgIpc) is 2.70. The maximum Gasteiger partial charge on any atom is 0.220 e. The second kappa shape index (κ2) is 6.51. The van der Waals surface area contributed by atoms with E-state index < -0.39 is 5.60 Å². The lowest BCUT2D eigenvalue weighted by Gasteiger charge is -2.20. The fraction of sp³-hybridized carbons (Fsp3) is 0.750. The highest BCUT2D eigenvalue weighted by Crippen LogP contribution is 2.16. The lowest BCUT2D eigenvalue weighted by molar-refractivity contribution is -0.122. The lowest BCUT2D eigenvalue weighted by atomic mass is 10.0. The highest BCUT2D eigenvalue weighted by molar-refractivity contribution is 5.75. The summed E-state index contributed by atoms with van der Waals surface area (Å²) in [5.74, 6) is 2.51. The number of carbonyl (C=O) groups excluding carboxylic acids is 1. The zero-order chi connectivity index (χ0) is 11.9. The van der Waals surface area contributed by atoms with Crippen LogP contribution in [-0.2, 0) is 9.53 Å². The van der Waals surface area contributed by atoms with E-state index in [1.165, 1.54) is 0 Å². The molecule has 1 aliphatic heterocycles. The van der Waals surface area contributed by atoms with Gasteiger partial charge in [-0.3, -0.25) is 4.79 Å². The molecule has 1 rings (SSSR count). The lowest BCUT2D eigenvalue weighted by Crippen LogP contribution is -2.43. The Morgan fingerprint density at radius 3 is 3.00 bits per heavy atom. The highest BCUT2D eigenvalue weighted by atomic mass is 16.5. The summed E-state index contributed by atoms with van der Waals surface area (Å²) in [5, 5.41) is 12.6. The molecule has 1 saturated heterocycles. The van der Waals surface area contributed by atoms with Crippen LogP contribution in [0.2, 0.25) is 0 Å².